The fourth-order valence-corrected chi connectivity index (χ4v) is 2.66. The van der Waals surface area contributed by atoms with Crippen molar-refractivity contribution >= 4 is 5.78 Å². The quantitative estimate of drug-likeness (QED) is 0.763. The fourth-order valence-electron chi connectivity index (χ4n) is 2.66. The van der Waals surface area contributed by atoms with Gasteiger partial charge in [0, 0.05) is 12.0 Å². The highest BCUT2D eigenvalue weighted by molar-refractivity contribution is 5.97. The zero-order valence-electron chi connectivity index (χ0n) is 10.7. The fraction of sp³-hybridized carbons (Fsp3) is 0.235. The first-order valence-electron chi connectivity index (χ1n) is 6.62. The maximum Gasteiger partial charge on any atom is 0.167 e. The van der Waals surface area contributed by atoms with Crippen molar-refractivity contribution in [1.29, 1.82) is 0 Å². The Kier molecular flexibility index (Phi) is 3.16. The molecular formula is C17H15FO. The number of fused-ring (bicyclic) bond motifs is 1. The second-order valence-corrected chi connectivity index (χ2v) is 5.03. The Hall–Kier alpha value is -1.96. The van der Waals surface area contributed by atoms with Gasteiger partial charge in [0.15, 0.2) is 5.78 Å². The molecule has 0 heterocycles. The van der Waals surface area contributed by atoms with Crippen molar-refractivity contribution in [3.05, 3.63) is 70.5 Å². The largest absolute Gasteiger partial charge is 0.294 e. The number of benzene rings is 2. The van der Waals surface area contributed by atoms with Gasteiger partial charge >= 0.3 is 0 Å². The van der Waals surface area contributed by atoms with Crippen molar-refractivity contribution in [3.8, 4) is 0 Å². The molecule has 0 unspecified atom stereocenters. The number of aryl methyl sites for hydroxylation is 2. The van der Waals surface area contributed by atoms with Crippen LogP contribution in [0.4, 0.5) is 4.39 Å². The van der Waals surface area contributed by atoms with Crippen molar-refractivity contribution in [2.75, 3.05) is 0 Å². The minimum Gasteiger partial charge on any atom is -0.294 e. The number of ketones is 1. The lowest BCUT2D eigenvalue weighted by Gasteiger charge is -2.05. The molecule has 0 aromatic heterocycles. The van der Waals surface area contributed by atoms with Gasteiger partial charge in [-0.05, 0) is 48.1 Å². The summed E-state index contributed by atoms with van der Waals surface area (Å²) >= 11 is 0. The maximum absolute atomic E-state index is 13.5. The third kappa shape index (κ3) is 2.43. The molecule has 0 bridgehead atoms. The Morgan fingerprint density at radius 1 is 1.05 bits per heavy atom. The smallest absolute Gasteiger partial charge is 0.167 e. The van der Waals surface area contributed by atoms with Crippen molar-refractivity contribution in [2.45, 2.75) is 25.7 Å². The van der Waals surface area contributed by atoms with Crippen LogP contribution in [0.5, 0.6) is 0 Å². The van der Waals surface area contributed by atoms with E-state index in [4.69, 9.17) is 0 Å². The van der Waals surface area contributed by atoms with Gasteiger partial charge < -0.3 is 0 Å². The van der Waals surface area contributed by atoms with Crippen LogP contribution < -0.4 is 0 Å². The molecule has 2 heteroatoms. The van der Waals surface area contributed by atoms with Gasteiger partial charge in [-0.25, -0.2) is 4.39 Å². The van der Waals surface area contributed by atoms with E-state index in [9.17, 15) is 9.18 Å². The van der Waals surface area contributed by atoms with E-state index in [1.165, 1.54) is 23.6 Å². The summed E-state index contributed by atoms with van der Waals surface area (Å²) < 4.78 is 13.5. The zero-order chi connectivity index (χ0) is 13.2. The molecule has 1 aliphatic rings. The van der Waals surface area contributed by atoms with E-state index in [2.05, 4.69) is 0 Å². The first-order valence-corrected chi connectivity index (χ1v) is 6.62. The molecule has 2 aromatic rings. The SMILES string of the molecule is O=C(Cc1ccccc1F)c1ccc2c(c1)CCC2. The molecule has 0 aliphatic heterocycles. The maximum atomic E-state index is 13.5. The van der Waals surface area contributed by atoms with Crippen LogP contribution in [-0.2, 0) is 19.3 Å². The van der Waals surface area contributed by atoms with E-state index >= 15 is 0 Å². The normalized spacial score (nSPS) is 13.3. The molecule has 0 amide bonds. The van der Waals surface area contributed by atoms with Crippen LogP contribution in [0.25, 0.3) is 0 Å². The monoisotopic (exact) mass is 254 g/mol. The number of carbonyl (C=O) groups is 1. The van der Waals surface area contributed by atoms with Crippen LogP contribution in [0.2, 0.25) is 0 Å². The number of hydrogen-bond donors (Lipinski definition) is 0. The van der Waals surface area contributed by atoms with Crippen LogP contribution >= 0.6 is 0 Å². The molecule has 96 valence electrons. The molecule has 1 nitrogen and oxygen atoms in total. The number of Topliss-reactive ketones (excluding diaryl/α,β-unsaturated/α-hetero) is 1. The Bertz CT molecular complexity index is 631. The third-order valence-corrected chi connectivity index (χ3v) is 3.73. The molecule has 1 aliphatic carbocycles. The molecule has 0 N–H and O–H groups in total. The van der Waals surface area contributed by atoms with E-state index in [1.807, 2.05) is 18.2 Å². The minimum absolute atomic E-state index is 0.0141. The summed E-state index contributed by atoms with van der Waals surface area (Å²) in [4.78, 5) is 12.2. The van der Waals surface area contributed by atoms with E-state index < -0.39 is 0 Å². The van der Waals surface area contributed by atoms with Crippen LogP contribution in [0, 0.1) is 5.82 Å². The van der Waals surface area contributed by atoms with E-state index in [0.717, 1.165) is 12.8 Å². The average molecular weight is 254 g/mol. The van der Waals surface area contributed by atoms with Crippen LogP contribution in [0.15, 0.2) is 42.5 Å². The highest BCUT2D eigenvalue weighted by Crippen LogP contribution is 2.23. The minimum atomic E-state index is -0.308. The van der Waals surface area contributed by atoms with Crippen molar-refractivity contribution in [1.82, 2.24) is 0 Å². The lowest BCUT2D eigenvalue weighted by Crippen LogP contribution is -2.05. The topological polar surface area (TPSA) is 17.1 Å². The number of carbonyl (C=O) groups excluding carboxylic acids is 1. The lowest BCUT2D eigenvalue weighted by atomic mass is 9.99. The van der Waals surface area contributed by atoms with E-state index in [0.29, 0.717) is 11.1 Å². The van der Waals surface area contributed by atoms with Gasteiger partial charge in [0.2, 0.25) is 0 Å². The predicted octanol–water partition coefficient (Wildman–Crippen LogP) is 3.74. The van der Waals surface area contributed by atoms with Gasteiger partial charge in [0.25, 0.3) is 0 Å². The number of rotatable bonds is 3. The molecule has 2 aromatic carbocycles. The summed E-state index contributed by atoms with van der Waals surface area (Å²) in [6.07, 6.45) is 3.46. The van der Waals surface area contributed by atoms with E-state index in [1.54, 1.807) is 18.2 Å². The second-order valence-electron chi connectivity index (χ2n) is 5.03. The van der Waals surface area contributed by atoms with Crippen molar-refractivity contribution < 1.29 is 9.18 Å². The van der Waals surface area contributed by atoms with Crippen LogP contribution in [-0.4, -0.2) is 5.78 Å². The number of halogens is 1. The Labute approximate surface area is 112 Å². The van der Waals surface area contributed by atoms with Crippen LogP contribution in [0.3, 0.4) is 0 Å². The summed E-state index contributed by atoms with van der Waals surface area (Å²) in [6.45, 7) is 0. The van der Waals surface area contributed by atoms with Gasteiger partial charge in [-0.15, -0.1) is 0 Å². The van der Waals surface area contributed by atoms with Gasteiger partial charge in [0.05, 0.1) is 0 Å². The molecule has 0 radical (unpaired) electrons. The standard InChI is InChI=1S/C17H15FO/c18-16-7-2-1-4-14(16)11-17(19)15-9-8-12-5-3-6-13(12)10-15/h1-2,4,7-10H,3,5-6,11H2. The average Bonchev–Trinajstić information content (AvgIpc) is 2.88. The summed E-state index contributed by atoms with van der Waals surface area (Å²) in [6, 6.07) is 12.3. The molecule has 0 fully saturated rings. The highest BCUT2D eigenvalue weighted by atomic mass is 19.1. The molecule has 0 saturated heterocycles. The molecule has 19 heavy (non-hydrogen) atoms. The third-order valence-electron chi connectivity index (χ3n) is 3.73. The summed E-state index contributed by atoms with van der Waals surface area (Å²) in [5, 5.41) is 0. The van der Waals surface area contributed by atoms with Crippen molar-refractivity contribution in [3.63, 3.8) is 0 Å². The predicted molar refractivity (Wildman–Crippen MR) is 72.9 cm³/mol. The molecular weight excluding hydrogens is 239 g/mol. The molecule has 3 rings (SSSR count). The van der Waals surface area contributed by atoms with E-state index in [-0.39, 0.29) is 18.0 Å². The first-order chi connectivity index (χ1) is 9.24. The van der Waals surface area contributed by atoms with Gasteiger partial charge in [-0.2, -0.15) is 0 Å². The highest BCUT2D eigenvalue weighted by Gasteiger charge is 2.15. The first kappa shape index (κ1) is 12.1. The zero-order valence-corrected chi connectivity index (χ0v) is 10.7. The van der Waals surface area contributed by atoms with Crippen molar-refractivity contribution in [2.24, 2.45) is 0 Å². The molecule has 0 atom stereocenters. The lowest BCUT2D eigenvalue weighted by molar-refractivity contribution is 0.0991. The van der Waals surface area contributed by atoms with Gasteiger partial charge in [-0.3, -0.25) is 4.79 Å². The molecule has 0 saturated carbocycles. The number of hydrogen-bond acceptors (Lipinski definition) is 1. The summed E-state index contributed by atoms with van der Waals surface area (Å²) in [7, 11) is 0. The van der Waals surface area contributed by atoms with Gasteiger partial charge in [0.1, 0.15) is 5.82 Å². The molecule has 0 spiro atoms. The summed E-state index contributed by atoms with van der Waals surface area (Å²) in [5.41, 5.74) is 3.79. The summed E-state index contributed by atoms with van der Waals surface area (Å²) in [5.74, 6) is -0.322. The van der Waals surface area contributed by atoms with Gasteiger partial charge in [-0.1, -0.05) is 30.3 Å². The van der Waals surface area contributed by atoms with Crippen LogP contribution in [0.1, 0.15) is 33.5 Å². The Balaban J connectivity index is 1.83. The Morgan fingerprint density at radius 3 is 2.68 bits per heavy atom. The Morgan fingerprint density at radius 2 is 1.84 bits per heavy atom. The second kappa shape index (κ2) is 4.96.